The first-order valence-corrected chi connectivity index (χ1v) is 8.43. The summed E-state index contributed by atoms with van der Waals surface area (Å²) in [6, 6.07) is 1.06. The second-order valence-corrected chi connectivity index (χ2v) is 6.33. The van der Waals surface area contributed by atoms with Gasteiger partial charge in [-0.1, -0.05) is 19.3 Å². The van der Waals surface area contributed by atoms with Crippen LogP contribution in [0.2, 0.25) is 0 Å². The number of carbonyl (C=O) groups is 1. The molecule has 0 spiro atoms. The largest absolute Gasteiger partial charge is 0.339 e. The third-order valence-electron chi connectivity index (χ3n) is 4.95. The van der Waals surface area contributed by atoms with E-state index in [1.54, 1.807) is 0 Å². The van der Waals surface area contributed by atoms with E-state index in [9.17, 15) is 4.79 Å². The van der Waals surface area contributed by atoms with Gasteiger partial charge in [0.25, 0.3) is 0 Å². The monoisotopic (exact) mass is 281 g/mol. The summed E-state index contributed by atoms with van der Waals surface area (Å²) in [7, 11) is 2.02. The van der Waals surface area contributed by atoms with Gasteiger partial charge >= 0.3 is 0 Å². The zero-order valence-corrected chi connectivity index (χ0v) is 13.2. The summed E-state index contributed by atoms with van der Waals surface area (Å²) in [5.41, 5.74) is 0. The van der Waals surface area contributed by atoms with Crippen molar-refractivity contribution in [2.45, 2.75) is 64.0 Å². The molecule has 20 heavy (non-hydrogen) atoms. The Kier molecular flexibility index (Phi) is 6.30. The number of likely N-dealkylation sites (N-methyl/N-ethyl adjacent to an activating group) is 2. The zero-order valence-electron chi connectivity index (χ0n) is 13.2. The Labute approximate surface area is 123 Å². The van der Waals surface area contributed by atoms with Gasteiger partial charge in [0, 0.05) is 25.2 Å². The molecule has 0 radical (unpaired) electrons. The molecule has 1 unspecified atom stereocenters. The Morgan fingerprint density at radius 3 is 2.60 bits per heavy atom. The minimum Gasteiger partial charge on any atom is -0.339 e. The third-order valence-corrected chi connectivity index (χ3v) is 4.95. The van der Waals surface area contributed by atoms with Gasteiger partial charge in [0.2, 0.25) is 5.91 Å². The molecule has 1 aliphatic carbocycles. The summed E-state index contributed by atoms with van der Waals surface area (Å²) < 4.78 is 0. The summed E-state index contributed by atoms with van der Waals surface area (Å²) in [6.07, 6.45) is 8.78. The molecule has 0 aromatic carbocycles. The first-order valence-electron chi connectivity index (χ1n) is 8.43. The minimum atomic E-state index is 0.344. The van der Waals surface area contributed by atoms with E-state index >= 15 is 0 Å². The maximum atomic E-state index is 12.6. The van der Waals surface area contributed by atoms with Gasteiger partial charge in [-0.05, 0) is 46.2 Å². The van der Waals surface area contributed by atoms with Crippen molar-refractivity contribution in [1.82, 2.24) is 15.1 Å². The normalized spacial score (nSPS) is 25.6. The second-order valence-electron chi connectivity index (χ2n) is 6.33. The van der Waals surface area contributed by atoms with Crippen LogP contribution >= 0.6 is 0 Å². The van der Waals surface area contributed by atoms with Gasteiger partial charge in [0.05, 0.1) is 6.54 Å². The van der Waals surface area contributed by atoms with Crippen molar-refractivity contribution in [2.24, 2.45) is 0 Å². The number of likely N-dealkylation sites (tertiary alicyclic amines) is 1. The molecular formula is C16H31N3O. The standard InChI is InChI=1S/C16H31N3O/c1-3-19(15-9-5-4-6-10-15)16(20)13-18-11-7-8-14(12-18)17-2/h14-15,17H,3-13H2,1-2H3. The first-order chi connectivity index (χ1) is 9.74. The van der Waals surface area contributed by atoms with E-state index in [4.69, 9.17) is 0 Å². The SMILES string of the molecule is CCN(C(=O)CN1CCCC(NC)C1)C1CCCCC1. The summed E-state index contributed by atoms with van der Waals surface area (Å²) in [6.45, 7) is 5.70. The van der Waals surface area contributed by atoms with Crippen LogP contribution in [0.1, 0.15) is 51.9 Å². The topological polar surface area (TPSA) is 35.6 Å². The third kappa shape index (κ3) is 4.19. The van der Waals surface area contributed by atoms with Gasteiger partial charge < -0.3 is 10.2 Å². The van der Waals surface area contributed by atoms with Crippen LogP contribution in [0.4, 0.5) is 0 Å². The van der Waals surface area contributed by atoms with Crippen LogP contribution in [0.3, 0.4) is 0 Å². The highest BCUT2D eigenvalue weighted by molar-refractivity contribution is 5.78. The van der Waals surface area contributed by atoms with Gasteiger partial charge in [0.15, 0.2) is 0 Å². The fourth-order valence-corrected chi connectivity index (χ4v) is 3.75. The number of nitrogens with zero attached hydrogens (tertiary/aromatic N) is 2. The zero-order chi connectivity index (χ0) is 14.4. The van der Waals surface area contributed by atoms with Crippen LogP contribution in [0.25, 0.3) is 0 Å². The fraction of sp³-hybridized carbons (Fsp3) is 0.938. The lowest BCUT2D eigenvalue weighted by Crippen LogP contribution is -2.50. The Morgan fingerprint density at radius 2 is 1.95 bits per heavy atom. The maximum absolute atomic E-state index is 12.6. The van der Waals surface area contributed by atoms with Crippen LogP contribution < -0.4 is 5.32 Å². The smallest absolute Gasteiger partial charge is 0.236 e. The highest BCUT2D eigenvalue weighted by atomic mass is 16.2. The van der Waals surface area contributed by atoms with Crippen LogP contribution in [0, 0.1) is 0 Å². The molecular weight excluding hydrogens is 250 g/mol. The average molecular weight is 281 g/mol. The lowest BCUT2D eigenvalue weighted by atomic mass is 9.94. The molecule has 116 valence electrons. The van der Waals surface area contributed by atoms with E-state index in [1.165, 1.54) is 44.9 Å². The van der Waals surface area contributed by atoms with Crippen LogP contribution in [0.15, 0.2) is 0 Å². The average Bonchev–Trinajstić information content (AvgIpc) is 2.49. The van der Waals surface area contributed by atoms with E-state index in [2.05, 4.69) is 22.0 Å². The molecule has 4 heteroatoms. The van der Waals surface area contributed by atoms with Gasteiger partial charge in [-0.2, -0.15) is 0 Å². The van der Waals surface area contributed by atoms with Crippen molar-refractivity contribution in [3.05, 3.63) is 0 Å². The van der Waals surface area contributed by atoms with E-state index in [1.807, 2.05) is 7.05 Å². The molecule has 0 aromatic rings. The molecule has 1 saturated carbocycles. The van der Waals surface area contributed by atoms with E-state index in [0.29, 0.717) is 24.5 Å². The molecule has 0 aromatic heterocycles. The molecule has 1 heterocycles. The number of piperidine rings is 1. The Balaban J connectivity index is 1.85. The van der Waals surface area contributed by atoms with Gasteiger partial charge in [-0.3, -0.25) is 9.69 Å². The molecule has 2 aliphatic rings. The Morgan fingerprint density at radius 1 is 1.20 bits per heavy atom. The quantitative estimate of drug-likeness (QED) is 0.835. The van der Waals surface area contributed by atoms with Crippen molar-refractivity contribution in [3.63, 3.8) is 0 Å². The number of rotatable bonds is 5. The summed E-state index contributed by atoms with van der Waals surface area (Å²) in [4.78, 5) is 17.1. The summed E-state index contributed by atoms with van der Waals surface area (Å²) in [5, 5.41) is 3.35. The summed E-state index contributed by atoms with van der Waals surface area (Å²) in [5.74, 6) is 0.344. The molecule has 1 saturated heterocycles. The van der Waals surface area contributed by atoms with E-state index in [0.717, 1.165) is 19.6 Å². The molecule has 1 atom stereocenters. The van der Waals surface area contributed by atoms with Crippen LogP contribution in [0.5, 0.6) is 0 Å². The van der Waals surface area contributed by atoms with Gasteiger partial charge in [-0.15, -0.1) is 0 Å². The lowest BCUT2D eigenvalue weighted by molar-refractivity contribution is -0.135. The molecule has 1 N–H and O–H groups in total. The predicted molar refractivity (Wildman–Crippen MR) is 82.8 cm³/mol. The molecule has 2 rings (SSSR count). The van der Waals surface area contributed by atoms with Crippen molar-refractivity contribution < 1.29 is 4.79 Å². The molecule has 1 aliphatic heterocycles. The number of amides is 1. The van der Waals surface area contributed by atoms with Crippen LogP contribution in [-0.4, -0.2) is 61.0 Å². The van der Waals surface area contributed by atoms with E-state index in [-0.39, 0.29) is 0 Å². The Bertz CT molecular complexity index is 302. The number of nitrogens with one attached hydrogen (secondary N) is 1. The summed E-state index contributed by atoms with van der Waals surface area (Å²) >= 11 is 0. The molecule has 0 bridgehead atoms. The predicted octanol–water partition coefficient (Wildman–Crippen LogP) is 1.85. The highest BCUT2D eigenvalue weighted by Crippen LogP contribution is 2.23. The second kappa shape index (κ2) is 7.99. The Hall–Kier alpha value is -0.610. The number of carbonyl (C=O) groups excluding carboxylic acids is 1. The van der Waals surface area contributed by atoms with Gasteiger partial charge in [0.1, 0.15) is 0 Å². The van der Waals surface area contributed by atoms with Crippen LogP contribution in [-0.2, 0) is 4.79 Å². The maximum Gasteiger partial charge on any atom is 0.236 e. The fourth-order valence-electron chi connectivity index (χ4n) is 3.75. The number of hydrogen-bond acceptors (Lipinski definition) is 3. The molecule has 2 fully saturated rings. The van der Waals surface area contributed by atoms with Crippen molar-refractivity contribution >= 4 is 5.91 Å². The highest BCUT2D eigenvalue weighted by Gasteiger charge is 2.27. The number of hydrogen-bond donors (Lipinski definition) is 1. The first kappa shape index (κ1) is 15.8. The van der Waals surface area contributed by atoms with Crippen molar-refractivity contribution in [2.75, 3.05) is 33.2 Å². The van der Waals surface area contributed by atoms with E-state index < -0.39 is 0 Å². The molecule has 4 nitrogen and oxygen atoms in total. The minimum absolute atomic E-state index is 0.344. The van der Waals surface area contributed by atoms with Crippen molar-refractivity contribution in [1.29, 1.82) is 0 Å². The lowest BCUT2D eigenvalue weighted by Gasteiger charge is -2.37. The molecule has 1 amide bonds. The van der Waals surface area contributed by atoms with Crippen molar-refractivity contribution in [3.8, 4) is 0 Å². The van der Waals surface area contributed by atoms with Gasteiger partial charge in [-0.25, -0.2) is 0 Å².